The SMILES string of the molecule is CCS(=O)(=O)N1CCC(NC(=NC)NCc2cc(C(C)C)no2)CC1. The van der Waals surface area contributed by atoms with Gasteiger partial charge in [-0.05, 0) is 25.7 Å². The van der Waals surface area contributed by atoms with Gasteiger partial charge in [-0.25, -0.2) is 12.7 Å². The second-order valence-corrected chi connectivity index (χ2v) is 8.77. The summed E-state index contributed by atoms with van der Waals surface area (Å²) in [6.45, 7) is 7.42. The zero-order valence-corrected chi connectivity index (χ0v) is 16.3. The van der Waals surface area contributed by atoms with Crippen molar-refractivity contribution in [1.82, 2.24) is 20.1 Å². The van der Waals surface area contributed by atoms with Crippen LogP contribution in [0.15, 0.2) is 15.6 Å². The van der Waals surface area contributed by atoms with E-state index in [9.17, 15) is 8.42 Å². The molecule has 2 heterocycles. The molecule has 1 aliphatic heterocycles. The highest BCUT2D eigenvalue weighted by Crippen LogP contribution is 2.15. The van der Waals surface area contributed by atoms with E-state index in [2.05, 4.69) is 34.6 Å². The van der Waals surface area contributed by atoms with Crippen molar-refractivity contribution in [3.05, 3.63) is 17.5 Å². The third-order valence-corrected chi connectivity index (χ3v) is 6.26. The molecule has 25 heavy (non-hydrogen) atoms. The van der Waals surface area contributed by atoms with Gasteiger partial charge in [0.05, 0.1) is 18.0 Å². The first-order chi connectivity index (χ1) is 11.9. The van der Waals surface area contributed by atoms with Crippen LogP contribution >= 0.6 is 0 Å². The zero-order chi connectivity index (χ0) is 18.4. The van der Waals surface area contributed by atoms with Crippen molar-refractivity contribution in [2.45, 2.75) is 52.1 Å². The summed E-state index contributed by atoms with van der Waals surface area (Å²) in [7, 11) is -1.38. The van der Waals surface area contributed by atoms with E-state index in [4.69, 9.17) is 4.52 Å². The molecule has 142 valence electrons. The van der Waals surface area contributed by atoms with Crippen molar-refractivity contribution in [1.29, 1.82) is 0 Å². The van der Waals surface area contributed by atoms with E-state index in [1.54, 1.807) is 18.3 Å². The van der Waals surface area contributed by atoms with E-state index >= 15 is 0 Å². The topological polar surface area (TPSA) is 99.8 Å². The average molecular weight is 372 g/mol. The number of nitrogens with zero attached hydrogens (tertiary/aromatic N) is 3. The molecule has 0 atom stereocenters. The second-order valence-electron chi connectivity index (χ2n) is 6.52. The molecule has 1 fully saturated rings. The number of hydrogen-bond donors (Lipinski definition) is 2. The Balaban J connectivity index is 1.81. The molecule has 0 saturated carbocycles. The lowest BCUT2D eigenvalue weighted by Crippen LogP contribution is -2.49. The van der Waals surface area contributed by atoms with E-state index in [0.717, 1.165) is 24.3 Å². The Labute approximate surface area is 150 Å². The second kappa shape index (κ2) is 8.66. The lowest BCUT2D eigenvalue weighted by molar-refractivity contribution is 0.306. The van der Waals surface area contributed by atoms with Crippen LogP contribution in [0.2, 0.25) is 0 Å². The molecule has 1 aliphatic rings. The summed E-state index contributed by atoms with van der Waals surface area (Å²) in [5, 5.41) is 10.6. The van der Waals surface area contributed by atoms with Crippen LogP contribution < -0.4 is 10.6 Å². The first-order valence-corrected chi connectivity index (χ1v) is 10.4. The van der Waals surface area contributed by atoms with E-state index in [0.29, 0.717) is 31.5 Å². The molecular formula is C16H29N5O3S. The molecule has 0 aliphatic carbocycles. The third-order valence-electron chi connectivity index (χ3n) is 4.38. The molecule has 0 amide bonds. The number of rotatable bonds is 6. The van der Waals surface area contributed by atoms with Crippen LogP contribution in [0.4, 0.5) is 0 Å². The Kier molecular flexibility index (Phi) is 6.83. The minimum atomic E-state index is -3.09. The summed E-state index contributed by atoms with van der Waals surface area (Å²) in [4.78, 5) is 4.22. The number of aliphatic imine (C=N–C) groups is 1. The van der Waals surface area contributed by atoms with Crippen molar-refractivity contribution >= 4 is 16.0 Å². The van der Waals surface area contributed by atoms with Crippen molar-refractivity contribution in [2.75, 3.05) is 25.9 Å². The highest BCUT2D eigenvalue weighted by Gasteiger charge is 2.27. The number of guanidine groups is 1. The van der Waals surface area contributed by atoms with Crippen LogP contribution in [0.5, 0.6) is 0 Å². The summed E-state index contributed by atoms with van der Waals surface area (Å²) >= 11 is 0. The van der Waals surface area contributed by atoms with Gasteiger partial charge in [0.1, 0.15) is 0 Å². The molecule has 0 aromatic carbocycles. The van der Waals surface area contributed by atoms with E-state index in [-0.39, 0.29) is 11.8 Å². The molecule has 0 radical (unpaired) electrons. The summed E-state index contributed by atoms with van der Waals surface area (Å²) in [6, 6.07) is 2.15. The van der Waals surface area contributed by atoms with Crippen molar-refractivity contribution in [3.8, 4) is 0 Å². The highest BCUT2D eigenvalue weighted by molar-refractivity contribution is 7.89. The summed E-state index contributed by atoms with van der Waals surface area (Å²) in [5.41, 5.74) is 0.934. The van der Waals surface area contributed by atoms with Crippen molar-refractivity contribution < 1.29 is 12.9 Å². The van der Waals surface area contributed by atoms with Crippen LogP contribution in [0.3, 0.4) is 0 Å². The normalized spacial score (nSPS) is 17.9. The Morgan fingerprint density at radius 3 is 2.64 bits per heavy atom. The maximum absolute atomic E-state index is 11.9. The largest absolute Gasteiger partial charge is 0.359 e. The predicted molar refractivity (Wildman–Crippen MR) is 98.0 cm³/mol. The predicted octanol–water partition coefficient (Wildman–Crippen LogP) is 1.28. The van der Waals surface area contributed by atoms with Gasteiger partial charge in [-0.3, -0.25) is 4.99 Å². The van der Waals surface area contributed by atoms with Crippen molar-refractivity contribution in [3.63, 3.8) is 0 Å². The summed E-state index contributed by atoms with van der Waals surface area (Å²) in [6.07, 6.45) is 1.53. The van der Waals surface area contributed by atoms with Gasteiger partial charge < -0.3 is 15.2 Å². The van der Waals surface area contributed by atoms with Crippen LogP contribution in [0, 0.1) is 0 Å². The van der Waals surface area contributed by atoms with Gasteiger partial charge in [-0.15, -0.1) is 0 Å². The molecule has 0 unspecified atom stereocenters. The van der Waals surface area contributed by atoms with Gasteiger partial charge in [-0.1, -0.05) is 19.0 Å². The van der Waals surface area contributed by atoms with Gasteiger partial charge in [-0.2, -0.15) is 0 Å². The molecule has 2 N–H and O–H groups in total. The highest BCUT2D eigenvalue weighted by atomic mass is 32.2. The van der Waals surface area contributed by atoms with Crippen LogP contribution in [-0.2, 0) is 16.6 Å². The fourth-order valence-corrected chi connectivity index (χ4v) is 3.84. The fourth-order valence-electron chi connectivity index (χ4n) is 2.70. The first-order valence-electron chi connectivity index (χ1n) is 8.76. The minimum Gasteiger partial charge on any atom is -0.359 e. The smallest absolute Gasteiger partial charge is 0.213 e. The maximum Gasteiger partial charge on any atom is 0.213 e. The summed E-state index contributed by atoms with van der Waals surface area (Å²) < 4.78 is 30.7. The molecule has 9 heteroatoms. The van der Waals surface area contributed by atoms with E-state index in [1.807, 2.05) is 6.07 Å². The third kappa shape index (κ3) is 5.43. The molecule has 0 spiro atoms. The van der Waals surface area contributed by atoms with Crippen LogP contribution in [0.1, 0.15) is 51.0 Å². The molecule has 1 aromatic heterocycles. The zero-order valence-electron chi connectivity index (χ0n) is 15.4. The Morgan fingerprint density at radius 2 is 2.12 bits per heavy atom. The number of sulfonamides is 1. The Bertz CT molecular complexity index is 676. The fraction of sp³-hybridized carbons (Fsp3) is 0.750. The molecule has 1 aromatic rings. The van der Waals surface area contributed by atoms with Gasteiger partial charge in [0.15, 0.2) is 11.7 Å². The van der Waals surface area contributed by atoms with Gasteiger partial charge in [0.25, 0.3) is 0 Å². The standard InChI is InChI=1S/C16H29N5O3S/c1-5-25(22,23)21-8-6-13(7-9-21)19-16(17-4)18-11-14-10-15(12(2)3)20-24-14/h10,12-13H,5-9,11H2,1-4H3,(H2,17,18,19). The van der Waals surface area contributed by atoms with Crippen molar-refractivity contribution in [2.24, 2.45) is 4.99 Å². The summed E-state index contributed by atoms with van der Waals surface area (Å²) in [5.74, 6) is 1.93. The van der Waals surface area contributed by atoms with E-state index < -0.39 is 10.0 Å². The quantitative estimate of drug-likeness (QED) is 0.577. The Morgan fingerprint density at radius 1 is 1.44 bits per heavy atom. The lowest BCUT2D eigenvalue weighted by atomic mass is 10.1. The minimum absolute atomic E-state index is 0.157. The molecule has 2 rings (SSSR count). The maximum atomic E-state index is 11.9. The van der Waals surface area contributed by atoms with Gasteiger partial charge in [0.2, 0.25) is 10.0 Å². The number of hydrogen-bond acceptors (Lipinski definition) is 5. The first kappa shape index (κ1) is 19.7. The Hall–Kier alpha value is -1.61. The molecule has 8 nitrogen and oxygen atoms in total. The number of nitrogens with one attached hydrogen (secondary N) is 2. The molecular weight excluding hydrogens is 342 g/mol. The van der Waals surface area contributed by atoms with Gasteiger partial charge in [0, 0.05) is 32.2 Å². The van der Waals surface area contributed by atoms with Crippen LogP contribution in [0.25, 0.3) is 0 Å². The molecule has 1 saturated heterocycles. The number of aromatic nitrogens is 1. The average Bonchev–Trinajstić information content (AvgIpc) is 3.08. The lowest BCUT2D eigenvalue weighted by Gasteiger charge is -2.32. The van der Waals surface area contributed by atoms with Crippen LogP contribution in [-0.4, -0.2) is 55.8 Å². The number of piperidine rings is 1. The van der Waals surface area contributed by atoms with Gasteiger partial charge >= 0.3 is 0 Å². The molecule has 0 bridgehead atoms. The monoisotopic (exact) mass is 371 g/mol. The van der Waals surface area contributed by atoms with E-state index in [1.165, 1.54) is 0 Å².